The largest absolute Gasteiger partial charge is 0.466 e. The van der Waals surface area contributed by atoms with Gasteiger partial charge in [-0.3, -0.25) is 14.3 Å². The van der Waals surface area contributed by atoms with E-state index in [4.69, 9.17) is 43.1 Å². The van der Waals surface area contributed by atoms with Gasteiger partial charge in [-0.05, 0) is 37.6 Å². The summed E-state index contributed by atoms with van der Waals surface area (Å²) in [6, 6.07) is 11.6. The molecule has 1 aliphatic rings. The summed E-state index contributed by atoms with van der Waals surface area (Å²) in [6.07, 6.45) is 1.63. The number of hydrogen-bond acceptors (Lipinski definition) is 10. The molecule has 4 rings (SSSR count). The van der Waals surface area contributed by atoms with Crippen LogP contribution in [0, 0.1) is 0 Å². The number of hydrogen-bond donors (Lipinski definition) is 2. The van der Waals surface area contributed by atoms with E-state index in [1.807, 2.05) is 6.07 Å². The maximum absolute atomic E-state index is 13.4. The number of nitrogen functional groups attached to an aromatic ring is 1. The highest BCUT2D eigenvalue weighted by Crippen LogP contribution is 2.43. The van der Waals surface area contributed by atoms with Crippen LogP contribution in [0.2, 0.25) is 10.0 Å². The summed E-state index contributed by atoms with van der Waals surface area (Å²) in [7, 11) is 1.24. The van der Waals surface area contributed by atoms with Crippen molar-refractivity contribution in [3.05, 3.63) is 109 Å². The molecule has 1 aromatic carbocycles. The smallest absolute Gasteiger partial charge is 0.336 e. The Kier molecular flexibility index (Phi) is 10.00. The highest BCUT2D eigenvalue weighted by molar-refractivity contribution is 6.42. The molecule has 0 spiro atoms. The maximum Gasteiger partial charge on any atom is 0.336 e. The minimum absolute atomic E-state index is 0.00568. The number of aromatic nitrogens is 3. The van der Waals surface area contributed by atoms with Gasteiger partial charge >= 0.3 is 11.9 Å². The molecule has 0 radical (unpaired) electrons. The first kappa shape index (κ1) is 30.8. The Balaban J connectivity index is 1.66. The fraction of sp³-hybridized carbons (Fsp3) is 0.276. The molecule has 220 valence electrons. The van der Waals surface area contributed by atoms with Crippen molar-refractivity contribution >= 4 is 41.1 Å². The van der Waals surface area contributed by atoms with Crippen LogP contribution >= 0.6 is 23.2 Å². The van der Waals surface area contributed by atoms with Gasteiger partial charge < -0.3 is 25.3 Å². The Hall–Kier alpha value is -4.19. The number of nitrogens with two attached hydrogens (primary N) is 1. The van der Waals surface area contributed by atoms with Crippen LogP contribution in [0.5, 0.6) is 0 Å². The van der Waals surface area contributed by atoms with Gasteiger partial charge in [0.1, 0.15) is 0 Å². The number of rotatable bonds is 10. The maximum atomic E-state index is 13.4. The third-order valence-electron chi connectivity index (χ3n) is 6.47. The zero-order valence-corrected chi connectivity index (χ0v) is 24.7. The summed E-state index contributed by atoms with van der Waals surface area (Å²) in [6.45, 7) is 3.36. The molecule has 3 aromatic rings. The first-order valence-corrected chi connectivity index (χ1v) is 13.7. The summed E-state index contributed by atoms with van der Waals surface area (Å²) in [5.74, 6) is -2.30. The Morgan fingerprint density at radius 3 is 2.52 bits per heavy atom. The lowest BCUT2D eigenvalue weighted by molar-refractivity contribution is -0.139. The van der Waals surface area contributed by atoms with E-state index in [9.17, 15) is 14.4 Å². The number of halogens is 2. The number of benzene rings is 1. The predicted octanol–water partition coefficient (Wildman–Crippen LogP) is 3.74. The van der Waals surface area contributed by atoms with Crippen molar-refractivity contribution in [1.29, 1.82) is 0 Å². The fourth-order valence-electron chi connectivity index (χ4n) is 4.61. The van der Waals surface area contributed by atoms with Crippen LogP contribution in [0.25, 0.3) is 0 Å². The number of pyridine rings is 1. The molecule has 1 atom stereocenters. The van der Waals surface area contributed by atoms with Gasteiger partial charge in [0.2, 0.25) is 5.95 Å². The van der Waals surface area contributed by atoms with E-state index in [2.05, 4.69) is 15.3 Å². The molecule has 0 saturated carbocycles. The molecule has 0 bridgehead atoms. The molecule has 11 nitrogen and oxygen atoms in total. The van der Waals surface area contributed by atoms with E-state index in [-0.39, 0.29) is 59.1 Å². The van der Waals surface area contributed by atoms with E-state index in [1.165, 1.54) is 17.7 Å². The minimum atomic E-state index is -0.966. The number of anilines is 1. The fourth-order valence-corrected chi connectivity index (χ4v) is 5.03. The van der Waals surface area contributed by atoms with Gasteiger partial charge in [0.15, 0.2) is 0 Å². The first-order valence-electron chi connectivity index (χ1n) is 12.9. The van der Waals surface area contributed by atoms with Crippen LogP contribution < -0.4 is 16.6 Å². The van der Waals surface area contributed by atoms with Gasteiger partial charge in [0.25, 0.3) is 5.56 Å². The topological polar surface area (TPSA) is 148 Å². The van der Waals surface area contributed by atoms with Crippen LogP contribution in [-0.4, -0.2) is 46.8 Å². The van der Waals surface area contributed by atoms with Crippen LogP contribution in [0.4, 0.5) is 5.95 Å². The molecular formula is C29H29Cl2N5O6. The van der Waals surface area contributed by atoms with Gasteiger partial charge in [-0.15, -0.1) is 0 Å². The second-order valence-electron chi connectivity index (χ2n) is 9.19. The number of methoxy groups -OCH3 is 1. The van der Waals surface area contributed by atoms with Crippen molar-refractivity contribution in [2.24, 2.45) is 0 Å². The summed E-state index contributed by atoms with van der Waals surface area (Å²) in [4.78, 5) is 47.6. The quantitative estimate of drug-likeness (QED) is 0.324. The summed E-state index contributed by atoms with van der Waals surface area (Å²) in [5.41, 5.74) is 8.09. The van der Waals surface area contributed by atoms with Crippen LogP contribution in [-0.2, 0) is 37.0 Å². The van der Waals surface area contributed by atoms with Crippen molar-refractivity contribution in [3.63, 3.8) is 0 Å². The molecule has 0 saturated heterocycles. The Morgan fingerprint density at radius 1 is 1.07 bits per heavy atom. The lowest BCUT2D eigenvalue weighted by atomic mass is 9.80. The number of nitrogens with one attached hydrogen (secondary N) is 1. The van der Waals surface area contributed by atoms with Gasteiger partial charge in [0.05, 0.1) is 77.7 Å². The molecule has 1 aliphatic heterocycles. The SMILES string of the molecule is CCOC(=O)C1=C(COCc2cc(=O)n(Cc3ccccn3)c(N)n2)NC(C)=C(C(=O)OC)C1c1cccc(Cl)c1Cl. The highest BCUT2D eigenvalue weighted by atomic mass is 35.5. The lowest BCUT2D eigenvalue weighted by Gasteiger charge is -2.31. The van der Waals surface area contributed by atoms with Crippen LogP contribution in [0.1, 0.15) is 36.7 Å². The van der Waals surface area contributed by atoms with Gasteiger partial charge in [-0.1, -0.05) is 41.4 Å². The number of esters is 2. The number of ether oxygens (including phenoxy) is 3. The Labute approximate surface area is 251 Å². The van der Waals surface area contributed by atoms with Gasteiger partial charge in [0, 0.05) is 18.0 Å². The molecule has 0 aliphatic carbocycles. The third-order valence-corrected chi connectivity index (χ3v) is 7.30. The third kappa shape index (κ3) is 6.64. The van der Waals surface area contributed by atoms with Crippen molar-refractivity contribution in [2.75, 3.05) is 26.1 Å². The second-order valence-corrected chi connectivity index (χ2v) is 9.97. The van der Waals surface area contributed by atoms with Crippen molar-refractivity contribution in [1.82, 2.24) is 19.9 Å². The highest BCUT2D eigenvalue weighted by Gasteiger charge is 2.40. The van der Waals surface area contributed by atoms with E-state index in [0.717, 1.165) is 0 Å². The molecule has 3 N–H and O–H groups in total. The lowest BCUT2D eigenvalue weighted by Crippen LogP contribution is -2.35. The first-order chi connectivity index (χ1) is 20.2. The number of carbonyl (C=O) groups excluding carboxylic acids is 2. The van der Waals surface area contributed by atoms with E-state index in [1.54, 1.807) is 50.4 Å². The van der Waals surface area contributed by atoms with E-state index in [0.29, 0.717) is 28.3 Å². The average molecular weight is 614 g/mol. The number of nitrogens with zero attached hydrogens (tertiary/aromatic N) is 3. The van der Waals surface area contributed by atoms with E-state index >= 15 is 0 Å². The van der Waals surface area contributed by atoms with Gasteiger partial charge in [-0.25, -0.2) is 14.6 Å². The molecule has 0 amide bonds. The molecule has 42 heavy (non-hydrogen) atoms. The van der Waals surface area contributed by atoms with Crippen LogP contribution in [0.3, 0.4) is 0 Å². The Bertz CT molecular complexity index is 1620. The number of carbonyl (C=O) groups is 2. The minimum Gasteiger partial charge on any atom is -0.466 e. The van der Waals surface area contributed by atoms with Crippen LogP contribution in [0.15, 0.2) is 76.0 Å². The Morgan fingerprint density at radius 2 is 1.86 bits per heavy atom. The molecule has 13 heteroatoms. The average Bonchev–Trinajstić information content (AvgIpc) is 2.96. The number of dihydropyridines is 1. The zero-order valence-electron chi connectivity index (χ0n) is 23.1. The standard InChI is InChI=1S/C29H29Cl2N5O6/c1-4-42-28(39)25-21(34-16(2)23(27(38)40-3)24(25)19-9-7-10-20(30)26(19)31)15-41-14-18-12-22(37)36(29(32)35-18)13-17-8-5-6-11-33-17/h5-12,24,34H,4,13-15H2,1-3H3,(H2,32,35). The molecule has 0 fully saturated rings. The van der Waals surface area contributed by atoms with Crippen molar-refractivity contribution < 1.29 is 23.8 Å². The molecule has 2 aromatic heterocycles. The summed E-state index contributed by atoms with van der Waals surface area (Å²) >= 11 is 12.9. The monoisotopic (exact) mass is 613 g/mol. The second kappa shape index (κ2) is 13.6. The molecule has 1 unspecified atom stereocenters. The summed E-state index contributed by atoms with van der Waals surface area (Å²) in [5, 5.41) is 3.51. The zero-order chi connectivity index (χ0) is 30.4. The summed E-state index contributed by atoms with van der Waals surface area (Å²) < 4.78 is 17.6. The normalized spacial score (nSPS) is 14.9. The predicted molar refractivity (Wildman–Crippen MR) is 157 cm³/mol. The molecular weight excluding hydrogens is 585 g/mol. The number of allylic oxidation sites excluding steroid dienone is 1. The van der Waals surface area contributed by atoms with Gasteiger partial charge in [-0.2, -0.15) is 0 Å². The molecule has 3 heterocycles. The van der Waals surface area contributed by atoms with Crippen molar-refractivity contribution in [3.8, 4) is 0 Å². The van der Waals surface area contributed by atoms with E-state index < -0.39 is 17.9 Å². The van der Waals surface area contributed by atoms with Crippen molar-refractivity contribution in [2.45, 2.75) is 32.9 Å².